The Bertz CT molecular complexity index is 992. The van der Waals surface area contributed by atoms with Crippen molar-refractivity contribution in [3.63, 3.8) is 0 Å². The molecule has 0 aromatic carbocycles. The summed E-state index contributed by atoms with van der Waals surface area (Å²) in [6.07, 6.45) is 3.69. The molecule has 31 heavy (non-hydrogen) atoms. The Kier molecular flexibility index (Phi) is 7.81. The first-order valence-corrected chi connectivity index (χ1v) is 13.8. The molecule has 3 rings (SSSR count). The number of H-pyrrole nitrogens is 3. The maximum Gasteiger partial charge on any atom is 0.325 e. The second-order valence-electron chi connectivity index (χ2n) is 7.77. The van der Waals surface area contributed by atoms with Crippen molar-refractivity contribution in [3.05, 3.63) is 47.8 Å². The van der Waals surface area contributed by atoms with Gasteiger partial charge in [-0.3, -0.25) is 9.13 Å². The van der Waals surface area contributed by atoms with Gasteiger partial charge in [0.1, 0.15) is 0 Å². The van der Waals surface area contributed by atoms with Crippen molar-refractivity contribution in [1.29, 1.82) is 0 Å². The van der Waals surface area contributed by atoms with Crippen molar-refractivity contribution in [2.75, 3.05) is 12.3 Å². The first kappa shape index (κ1) is 23.8. The zero-order chi connectivity index (χ0) is 22.5. The Morgan fingerprint density at radius 2 is 0.903 bits per heavy atom. The van der Waals surface area contributed by atoms with Crippen molar-refractivity contribution < 1.29 is 28.7 Å². The van der Waals surface area contributed by atoms with E-state index in [4.69, 9.17) is 19.6 Å². The minimum atomic E-state index is -3.92. The highest BCUT2D eigenvalue weighted by molar-refractivity contribution is 7.52. The fraction of sp³-hybridized carbons (Fsp3) is 0.400. The van der Waals surface area contributed by atoms with Crippen molar-refractivity contribution in [2.45, 2.75) is 38.5 Å². The van der Waals surface area contributed by atoms with Crippen LogP contribution < -0.4 is 0 Å². The lowest BCUT2D eigenvalue weighted by molar-refractivity contribution is 0.369. The lowest BCUT2D eigenvalue weighted by Gasteiger charge is -2.03. The van der Waals surface area contributed by atoms with Gasteiger partial charge in [0.25, 0.3) is 0 Å². The Hall–Kier alpha value is -1.86. The van der Waals surface area contributed by atoms with Gasteiger partial charge in [0.05, 0.1) is 22.8 Å². The molecule has 0 fully saturated rings. The Balaban J connectivity index is 1.52. The summed E-state index contributed by atoms with van der Waals surface area (Å²) in [6.45, 7) is 0. The normalized spacial score (nSPS) is 12.5. The monoisotopic (exact) mass is 469 g/mol. The summed E-state index contributed by atoms with van der Waals surface area (Å²) in [5.74, 6) is 0. The molecule has 0 amide bonds. The maximum absolute atomic E-state index is 10.9. The van der Waals surface area contributed by atoms with E-state index in [1.54, 1.807) is 0 Å². The third-order valence-corrected chi connectivity index (χ3v) is 6.85. The molecule has 0 aliphatic carbocycles. The van der Waals surface area contributed by atoms with E-state index in [0.29, 0.717) is 25.7 Å². The molecule has 3 aromatic rings. The zero-order valence-electron chi connectivity index (χ0n) is 17.1. The molecular weight excluding hydrogens is 440 g/mol. The van der Waals surface area contributed by atoms with Gasteiger partial charge in [-0.25, -0.2) is 0 Å². The summed E-state index contributed by atoms with van der Waals surface area (Å²) in [4.78, 5) is 45.7. The molecular formula is C20H29N3O6P2. The largest absolute Gasteiger partial charge is 0.357 e. The van der Waals surface area contributed by atoms with E-state index in [1.165, 1.54) is 0 Å². The van der Waals surface area contributed by atoms with Crippen LogP contribution in [0.2, 0.25) is 0 Å². The van der Waals surface area contributed by atoms with E-state index in [9.17, 15) is 9.13 Å². The van der Waals surface area contributed by atoms with Crippen LogP contribution in [0.3, 0.4) is 0 Å². The third kappa shape index (κ3) is 7.96. The number of aromatic amines is 3. The van der Waals surface area contributed by atoms with Gasteiger partial charge in [-0.15, -0.1) is 0 Å². The van der Waals surface area contributed by atoms with E-state index in [0.717, 1.165) is 47.0 Å². The van der Waals surface area contributed by atoms with Crippen molar-refractivity contribution in [3.8, 4) is 22.8 Å². The van der Waals surface area contributed by atoms with Gasteiger partial charge in [-0.2, -0.15) is 0 Å². The fourth-order valence-corrected chi connectivity index (χ4v) is 4.73. The number of rotatable bonds is 12. The molecule has 0 aliphatic rings. The minimum Gasteiger partial charge on any atom is -0.357 e. The second kappa shape index (κ2) is 10.2. The average molecular weight is 469 g/mol. The maximum atomic E-state index is 10.9. The first-order chi connectivity index (χ1) is 14.6. The molecule has 0 spiro atoms. The van der Waals surface area contributed by atoms with Crippen LogP contribution in [0.4, 0.5) is 0 Å². The molecule has 0 unspecified atom stereocenters. The minimum absolute atomic E-state index is 0.0810. The van der Waals surface area contributed by atoms with Crippen LogP contribution in [0.1, 0.15) is 37.1 Å². The molecule has 0 saturated carbocycles. The summed E-state index contributed by atoms with van der Waals surface area (Å²) in [5.41, 5.74) is 5.81. The van der Waals surface area contributed by atoms with E-state index in [2.05, 4.69) is 15.0 Å². The van der Waals surface area contributed by atoms with Crippen LogP contribution in [-0.4, -0.2) is 46.8 Å². The van der Waals surface area contributed by atoms with Gasteiger partial charge in [0.2, 0.25) is 0 Å². The number of aromatic nitrogens is 3. The predicted octanol–water partition coefficient (Wildman–Crippen LogP) is 4.01. The SMILES string of the molecule is O=P(O)(O)CCCCc1ccc(-c2ccc(-c3ccc(CCCCP(=O)(O)O)[nH]3)[nH]2)[nH]1. The molecule has 0 saturated heterocycles. The number of hydrogen-bond donors (Lipinski definition) is 7. The summed E-state index contributed by atoms with van der Waals surface area (Å²) in [6, 6.07) is 11.9. The van der Waals surface area contributed by atoms with Crippen LogP contribution in [0.25, 0.3) is 22.8 Å². The lowest BCUT2D eigenvalue weighted by atomic mass is 10.2. The van der Waals surface area contributed by atoms with Gasteiger partial charge in [0.15, 0.2) is 0 Å². The van der Waals surface area contributed by atoms with E-state index in [-0.39, 0.29) is 12.3 Å². The quantitative estimate of drug-likeness (QED) is 0.157. The molecule has 3 aromatic heterocycles. The highest BCUT2D eigenvalue weighted by Gasteiger charge is 2.13. The molecule has 9 nitrogen and oxygen atoms in total. The summed E-state index contributed by atoms with van der Waals surface area (Å²) in [5, 5.41) is 0. The van der Waals surface area contributed by atoms with Gasteiger partial charge in [0, 0.05) is 23.7 Å². The Morgan fingerprint density at radius 1 is 0.548 bits per heavy atom. The fourth-order valence-electron chi connectivity index (χ4n) is 3.46. The number of unbranched alkanes of at least 4 members (excludes halogenated alkanes) is 2. The number of hydrogen-bond acceptors (Lipinski definition) is 2. The molecule has 170 valence electrons. The van der Waals surface area contributed by atoms with E-state index < -0.39 is 15.2 Å². The summed E-state index contributed by atoms with van der Waals surface area (Å²) < 4.78 is 21.8. The molecule has 0 aliphatic heterocycles. The lowest BCUT2D eigenvalue weighted by Crippen LogP contribution is -1.92. The van der Waals surface area contributed by atoms with Crippen molar-refractivity contribution in [2.24, 2.45) is 0 Å². The first-order valence-electron chi connectivity index (χ1n) is 10.2. The summed E-state index contributed by atoms with van der Waals surface area (Å²) in [7, 11) is -7.84. The smallest absolute Gasteiger partial charge is 0.325 e. The standard InChI is InChI=1S/C20H29N3O6P2/c24-30(25,26)13-3-1-5-15-7-9-17(21-15)19-11-12-20(23-19)18-10-8-16(22-18)6-2-4-14-31(27,28)29/h7-12,21-23H,1-6,13-14H2,(H2,24,25,26)(H2,27,28,29). The van der Waals surface area contributed by atoms with Gasteiger partial charge >= 0.3 is 15.2 Å². The molecule has 0 bridgehead atoms. The summed E-state index contributed by atoms with van der Waals surface area (Å²) >= 11 is 0. The van der Waals surface area contributed by atoms with Crippen LogP contribution in [0.15, 0.2) is 36.4 Å². The molecule has 3 heterocycles. The van der Waals surface area contributed by atoms with Crippen LogP contribution in [-0.2, 0) is 22.0 Å². The topological polar surface area (TPSA) is 162 Å². The van der Waals surface area contributed by atoms with Crippen molar-refractivity contribution >= 4 is 15.2 Å². The van der Waals surface area contributed by atoms with E-state index in [1.807, 2.05) is 36.4 Å². The molecule has 7 N–H and O–H groups in total. The van der Waals surface area contributed by atoms with Crippen LogP contribution >= 0.6 is 15.2 Å². The average Bonchev–Trinajstić information content (AvgIpc) is 3.40. The highest BCUT2D eigenvalue weighted by atomic mass is 31.2. The Morgan fingerprint density at radius 3 is 1.29 bits per heavy atom. The highest BCUT2D eigenvalue weighted by Crippen LogP contribution is 2.36. The van der Waals surface area contributed by atoms with Crippen molar-refractivity contribution in [1.82, 2.24) is 15.0 Å². The van der Waals surface area contributed by atoms with Gasteiger partial charge in [-0.05, 0) is 74.9 Å². The predicted molar refractivity (Wildman–Crippen MR) is 120 cm³/mol. The molecule has 0 radical (unpaired) electrons. The number of nitrogens with one attached hydrogen (secondary N) is 3. The van der Waals surface area contributed by atoms with Gasteiger partial charge in [-0.1, -0.05) is 0 Å². The second-order valence-corrected chi connectivity index (χ2v) is 11.3. The Labute approximate surface area is 180 Å². The van der Waals surface area contributed by atoms with Crippen LogP contribution in [0.5, 0.6) is 0 Å². The van der Waals surface area contributed by atoms with Crippen LogP contribution in [0, 0.1) is 0 Å². The third-order valence-electron chi connectivity index (χ3n) is 5.05. The number of aryl methyl sites for hydroxylation is 2. The van der Waals surface area contributed by atoms with E-state index >= 15 is 0 Å². The zero-order valence-corrected chi connectivity index (χ0v) is 18.9. The molecule has 0 atom stereocenters. The molecule has 11 heteroatoms. The van der Waals surface area contributed by atoms with Gasteiger partial charge < -0.3 is 34.5 Å².